The zero-order valence-corrected chi connectivity index (χ0v) is 12.5. The molecule has 0 saturated heterocycles. The number of hydrogen-bond donors (Lipinski definition) is 0. The highest BCUT2D eigenvalue weighted by atomic mass is 127. The molecular weight excluding hydrogens is 347 g/mol. The van der Waals surface area contributed by atoms with Crippen LogP contribution in [0.25, 0.3) is 11.4 Å². The smallest absolute Gasteiger partial charge is 0.140 e. The minimum Gasteiger partial charge on any atom is -0.327 e. The second-order valence-corrected chi connectivity index (χ2v) is 5.62. The number of nitrogens with zero attached hydrogens (tertiary/aromatic N) is 2. The van der Waals surface area contributed by atoms with Gasteiger partial charge in [0.05, 0.1) is 0 Å². The van der Waals surface area contributed by atoms with Gasteiger partial charge in [-0.2, -0.15) is 0 Å². The molecule has 2 aromatic carbocycles. The van der Waals surface area contributed by atoms with Crippen molar-refractivity contribution in [2.75, 3.05) is 0 Å². The van der Waals surface area contributed by atoms with Crippen LogP contribution in [0.4, 0.5) is 0 Å². The Balaban J connectivity index is 1.91. The van der Waals surface area contributed by atoms with Crippen molar-refractivity contribution in [1.82, 2.24) is 9.55 Å². The lowest BCUT2D eigenvalue weighted by Crippen LogP contribution is -2.00. The van der Waals surface area contributed by atoms with Crippen LogP contribution in [0, 0.1) is 3.57 Å². The molecule has 0 aliphatic heterocycles. The molecule has 3 aromatic rings. The maximum atomic E-state index is 4.46. The van der Waals surface area contributed by atoms with Crippen LogP contribution >= 0.6 is 22.6 Å². The fourth-order valence-corrected chi connectivity index (χ4v) is 2.43. The van der Waals surface area contributed by atoms with E-state index in [0.29, 0.717) is 0 Å². The van der Waals surface area contributed by atoms with E-state index in [-0.39, 0.29) is 0 Å². The van der Waals surface area contributed by atoms with Crippen molar-refractivity contribution in [3.63, 3.8) is 0 Å². The van der Waals surface area contributed by atoms with Gasteiger partial charge in [-0.25, -0.2) is 4.98 Å². The van der Waals surface area contributed by atoms with Gasteiger partial charge in [-0.3, -0.25) is 0 Å². The molecule has 0 atom stereocenters. The van der Waals surface area contributed by atoms with Gasteiger partial charge in [0, 0.05) is 28.1 Å². The summed E-state index contributed by atoms with van der Waals surface area (Å²) in [6.45, 7) is 0.848. The summed E-state index contributed by atoms with van der Waals surface area (Å²) >= 11 is 2.32. The highest BCUT2D eigenvalue weighted by molar-refractivity contribution is 14.1. The van der Waals surface area contributed by atoms with Gasteiger partial charge in [0.25, 0.3) is 0 Å². The van der Waals surface area contributed by atoms with E-state index in [1.165, 1.54) is 9.13 Å². The van der Waals surface area contributed by atoms with Gasteiger partial charge in [-0.15, -0.1) is 0 Å². The lowest BCUT2D eigenvalue weighted by atomic mass is 10.2. The van der Waals surface area contributed by atoms with E-state index in [0.717, 1.165) is 17.9 Å². The van der Waals surface area contributed by atoms with Crippen molar-refractivity contribution < 1.29 is 0 Å². The van der Waals surface area contributed by atoms with Crippen molar-refractivity contribution in [3.05, 3.63) is 76.1 Å². The van der Waals surface area contributed by atoms with Crippen LogP contribution in [0.1, 0.15) is 5.56 Å². The minimum atomic E-state index is 0.848. The molecule has 0 saturated carbocycles. The maximum Gasteiger partial charge on any atom is 0.140 e. The first-order valence-corrected chi connectivity index (χ1v) is 7.22. The van der Waals surface area contributed by atoms with Crippen molar-refractivity contribution in [2.45, 2.75) is 6.54 Å². The summed E-state index contributed by atoms with van der Waals surface area (Å²) in [5, 5.41) is 0. The van der Waals surface area contributed by atoms with Crippen LogP contribution in [0.5, 0.6) is 0 Å². The third kappa shape index (κ3) is 2.87. The van der Waals surface area contributed by atoms with Crippen LogP contribution in [-0.2, 0) is 6.54 Å². The summed E-state index contributed by atoms with van der Waals surface area (Å²) in [5.41, 5.74) is 2.44. The standard InChI is InChI=1S/C16H13IN2/c17-15-8-6-13(7-9-15)12-19-11-10-18-16(19)14-4-2-1-3-5-14/h1-11H,12H2. The average molecular weight is 360 g/mol. The summed E-state index contributed by atoms with van der Waals surface area (Å²) in [7, 11) is 0. The molecule has 0 amide bonds. The molecule has 0 aliphatic carbocycles. The third-order valence-corrected chi connectivity index (χ3v) is 3.73. The predicted molar refractivity (Wildman–Crippen MR) is 85.9 cm³/mol. The Morgan fingerprint density at radius 3 is 2.42 bits per heavy atom. The lowest BCUT2D eigenvalue weighted by Gasteiger charge is -2.08. The van der Waals surface area contributed by atoms with Gasteiger partial charge in [-0.05, 0) is 40.3 Å². The summed E-state index contributed by atoms with van der Waals surface area (Å²) in [6.07, 6.45) is 3.88. The Hall–Kier alpha value is -1.62. The van der Waals surface area contributed by atoms with E-state index < -0.39 is 0 Å². The maximum absolute atomic E-state index is 4.46. The van der Waals surface area contributed by atoms with E-state index in [1.54, 1.807) is 0 Å². The quantitative estimate of drug-likeness (QED) is 0.640. The summed E-state index contributed by atoms with van der Waals surface area (Å²) in [5.74, 6) is 1.01. The predicted octanol–water partition coefficient (Wildman–Crippen LogP) is 4.20. The molecule has 0 fully saturated rings. The SMILES string of the molecule is Ic1ccc(Cn2ccnc2-c2ccccc2)cc1. The largest absolute Gasteiger partial charge is 0.327 e. The number of rotatable bonds is 3. The zero-order valence-electron chi connectivity index (χ0n) is 10.3. The van der Waals surface area contributed by atoms with Crippen LogP contribution in [0.15, 0.2) is 67.0 Å². The molecule has 0 bridgehead atoms. The fourth-order valence-electron chi connectivity index (χ4n) is 2.07. The number of benzene rings is 2. The minimum absolute atomic E-state index is 0.848. The molecule has 19 heavy (non-hydrogen) atoms. The first-order valence-electron chi connectivity index (χ1n) is 6.14. The van der Waals surface area contributed by atoms with Crippen molar-refractivity contribution in [2.24, 2.45) is 0 Å². The molecule has 94 valence electrons. The van der Waals surface area contributed by atoms with Gasteiger partial charge in [0.2, 0.25) is 0 Å². The van der Waals surface area contributed by atoms with Crippen LogP contribution < -0.4 is 0 Å². The summed E-state index contributed by atoms with van der Waals surface area (Å²) in [4.78, 5) is 4.46. The Morgan fingerprint density at radius 1 is 0.947 bits per heavy atom. The zero-order chi connectivity index (χ0) is 13.1. The van der Waals surface area contributed by atoms with E-state index in [1.807, 2.05) is 30.6 Å². The molecule has 0 N–H and O–H groups in total. The third-order valence-electron chi connectivity index (χ3n) is 3.01. The second-order valence-electron chi connectivity index (χ2n) is 4.37. The Labute approximate surface area is 126 Å². The topological polar surface area (TPSA) is 17.8 Å². The molecule has 0 unspecified atom stereocenters. The van der Waals surface area contributed by atoms with E-state index in [2.05, 4.69) is 68.5 Å². The Kier molecular flexibility index (Phi) is 3.64. The molecule has 1 heterocycles. The molecule has 0 aliphatic rings. The molecule has 0 spiro atoms. The molecule has 3 rings (SSSR count). The van der Waals surface area contributed by atoms with E-state index in [4.69, 9.17) is 0 Å². The Bertz CT molecular complexity index is 657. The lowest BCUT2D eigenvalue weighted by molar-refractivity contribution is 0.807. The van der Waals surface area contributed by atoms with Gasteiger partial charge >= 0.3 is 0 Å². The van der Waals surface area contributed by atoms with Gasteiger partial charge in [0.15, 0.2) is 0 Å². The van der Waals surface area contributed by atoms with Gasteiger partial charge in [0.1, 0.15) is 5.82 Å². The average Bonchev–Trinajstić information content (AvgIpc) is 2.90. The highest BCUT2D eigenvalue weighted by Crippen LogP contribution is 2.18. The highest BCUT2D eigenvalue weighted by Gasteiger charge is 2.05. The molecule has 0 radical (unpaired) electrons. The van der Waals surface area contributed by atoms with Crippen LogP contribution in [0.3, 0.4) is 0 Å². The number of aromatic nitrogens is 2. The molecule has 3 heteroatoms. The van der Waals surface area contributed by atoms with Gasteiger partial charge < -0.3 is 4.57 Å². The van der Waals surface area contributed by atoms with Crippen LogP contribution in [0.2, 0.25) is 0 Å². The fraction of sp³-hybridized carbons (Fsp3) is 0.0625. The van der Waals surface area contributed by atoms with Crippen LogP contribution in [-0.4, -0.2) is 9.55 Å². The van der Waals surface area contributed by atoms with Crippen molar-refractivity contribution in [3.8, 4) is 11.4 Å². The summed E-state index contributed by atoms with van der Waals surface area (Å²) in [6, 6.07) is 18.9. The van der Waals surface area contributed by atoms with Crippen molar-refractivity contribution in [1.29, 1.82) is 0 Å². The summed E-state index contributed by atoms with van der Waals surface area (Å²) < 4.78 is 3.44. The van der Waals surface area contributed by atoms with Gasteiger partial charge in [-0.1, -0.05) is 42.5 Å². The number of imidazole rings is 1. The second kappa shape index (κ2) is 5.57. The molecule has 1 aromatic heterocycles. The monoisotopic (exact) mass is 360 g/mol. The first-order chi connectivity index (χ1) is 9.33. The molecular formula is C16H13IN2. The number of halogens is 1. The first kappa shape index (κ1) is 12.4. The van der Waals surface area contributed by atoms with E-state index >= 15 is 0 Å². The Morgan fingerprint density at radius 2 is 1.68 bits per heavy atom. The van der Waals surface area contributed by atoms with E-state index in [9.17, 15) is 0 Å². The van der Waals surface area contributed by atoms with Crippen molar-refractivity contribution >= 4 is 22.6 Å². The molecule has 2 nitrogen and oxygen atoms in total. The number of hydrogen-bond acceptors (Lipinski definition) is 1. The normalized spacial score (nSPS) is 10.6.